The number of hydrazine groups is 1. The van der Waals surface area contributed by atoms with Gasteiger partial charge in [0.15, 0.2) is 0 Å². The van der Waals surface area contributed by atoms with Crippen molar-refractivity contribution in [3.8, 4) is 0 Å². The normalized spacial score (nSPS) is 10.9. The molecule has 1 aromatic rings. The Bertz CT molecular complexity index is 262. The van der Waals surface area contributed by atoms with Gasteiger partial charge in [0.05, 0.1) is 6.54 Å². The molecule has 0 aliphatic heterocycles. The lowest BCUT2D eigenvalue weighted by atomic mass is 10.3. The minimum absolute atomic E-state index is 0.670. The Morgan fingerprint density at radius 1 is 1.50 bits per heavy atom. The second-order valence-corrected chi connectivity index (χ2v) is 4.30. The fraction of sp³-hybridized carbons (Fsp3) is 0.750. The van der Waals surface area contributed by atoms with Gasteiger partial charge in [0.1, 0.15) is 5.01 Å². The fourth-order valence-electron chi connectivity index (χ4n) is 1.11. The molecule has 0 unspecified atom stereocenters. The lowest BCUT2D eigenvalue weighted by Crippen LogP contribution is -2.18. The highest BCUT2D eigenvalue weighted by atomic mass is 32.1. The third-order valence-corrected chi connectivity index (χ3v) is 2.73. The Labute approximate surface area is 88.3 Å². The average Bonchev–Trinajstić information content (AvgIpc) is 2.62. The van der Waals surface area contributed by atoms with Crippen LogP contribution in [0.1, 0.15) is 24.8 Å². The van der Waals surface area contributed by atoms with E-state index in [0.29, 0.717) is 5.13 Å². The molecule has 0 spiro atoms. The summed E-state index contributed by atoms with van der Waals surface area (Å²) in [6.45, 7) is 4.13. The van der Waals surface area contributed by atoms with E-state index in [-0.39, 0.29) is 0 Å². The number of nitrogens with zero attached hydrogens (tertiary/aromatic N) is 3. The summed E-state index contributed by atoms with van der Waals surface area (Å²) in [7, 11) is 2.09. The number of nitrogen functional groups attached to an aromatic ring is 1. The summed E-state index contributed by atoms with van der Waals surface area (Å²) >= 11 is 1.49. The number of rotatable bonds is 6. The third-order valence-electron chi connectivity index (χ3n) is 1.89. The molecule has 0 radical (unpaired) electrons. The molecule has 0 aromatic carbocycles. The van der Waals surface area contributed by atoms with E-state index in [1.807, 2.05) is 0 Å². The Balaban J connectivity index is 2.35. The van der Waals surface area contributed by atoms with Crippen molar-refractivity contribution in [3.63, 3.8) is 0 Å². The van der Waals surface area contributed by atoms with E-state index in [1.165, 1.54) is 24.2 Å². The van der Waals surface area contributed by atoms with Crippen LogP contribution in [-0.4, -0.2) is 28.7 Å². The van der Waals surface area contributed by atoms with E-state index in [4.69, 9.17) is 5.84 Å². The van der Waals surface area contributed by atoms with Gasteiger partial charge in [-0.2, -0.15) is 0 Å². The van der Waals surface area contributed by atoms with Crippen molar-refractivity contribution in [2.24, 2.45) is 5.84 Å². The summed E-state index contributed by atoms with van der Waals surface area (Å²) in [5.74, 6) is 5.22. The number of hydrogen-bond acceptors (Lipinski definition) is 6. The second kappa shape index (κ2) is 5.90. The topological polar surface area (TPSA) is 67.1 Å². The quantitative estimate of drug-likeness (QED) is 0.548. The van der Waals surface area contributed by atoms with Gasteiger partial charge in [-0.05, 0) is 20.0 Å². The molecule has 80 valence electrons. The first-order valence-electron chi connectivity index (χ1n) is 4.73. The van der Waals surface area contributed by atoms with Gasteiger partial charge in [-0.3, -0.25) is 10.3 Å². The van der Waals surface area contributed by atoms with Gasteiger partial charge in [-0.15, -0.1) is 10.2 Å². The predicted octanol–water partition coefficient (Wildman–Crippen LogP) is 1.06. The van der Waals surface area contributed by atoms with E-state index < -0.39 is 0 Å². The number of anilines is 1. The number of nitrogens with one attached hydrogen (secondary N) is 1. The summed E-state index contributed by atoms with van der Waals surface area (Å²) in [4.78, 5) is 2.24. The summed E-state index contributed by atoms with van der Waals surface area (Å²) in [6.07, 6.45) is 2.44. The largest absolute Gasteiger partial charge is 0.300 e. The van der Waals surface area contributed by atoms with Crippen molar-refractivity contribution in [2.45, 2.75) is 26.3 Å². The maximum Gasteiger partial charge on any atom is 0.219 e. The predicted molar refractivity (Wildman–Crippen MR) is 59.0 cm³/mol. The molecule has 3 N–H and O–H groups in total. The van der Waals surface area contributed by atoms with Crippen LogP contribution in [0.15, 0.2) is 0 Å². The van der Waals surface area contributed by atoms with Gasteiger partial charge >= 0.3 is 0 Å². The molecule has 1 aromatic heterocycles. The Kier molecular flexibility index (Phi) is 4.78. The number of unbranched alkanes of at least 4 members (excludes halogenated alkanes) is 1. The minimum atomic E-state index is 0.670. The molecule has 0 bridgehead atoms. The van der Waals surface area contributed by atoms with Crippen LogP contribution in [0.4, 0.5) is 5.13 Å². The lowest BCUT2D eigenvalue weighted by molar-refractivity contribution is 0.319. The maximum atomic E-state index is 5.22. The van der Waals surface area contributed by atoms with Crippen molar-refractivity contribution in [1.29, 1.82) is 0 Å². The third kappa shape index (κ3) is 3.57. The zero-order chi connectivity index (χ0) is 10.4. The first kappa shape index (κ1) is 11.4. The number of aromatic nitrogens is 2. The van der Waals surface area contributed by atoms with Crippen molar-refractivity contribution < 1.29 is 0 Å². The van der Waals surface area contributed by atoms with Crippen LogP contribution in [0.5, 0.6) is 0 Å². The van der Waals surface area contributed by atoms with Gasteiger partial charge in [0, 0.05) is 0 Å². The highest BCUT2D eigenvalue weighted by Gasteiger charge is 2.05. The van der Waals surface area contributed by atoms with E-state index in [9.17, 15) is 0 Å². The maximum absolute atomic E-state index is 5.22. The molecular weight excluding hydrogens is 198 g/mol. The van der Waals surface area contributed by atoms with Crippen LogP contribution in [0, 0.1) is 0 Å². The number of hydrogen-bond donors (Lipinski definition) is 2. The molecule has 14 heavy (non-hydrogen) atoms. The van der Waals surface area contributed by atoms with Crippen LogP contribution >= 0.6 is 11.3 Å². The molecule has 0 aliphatic carbocycles. The van der Waals surface area contributed by atoms with Crippen molar-refractivity contribution >= 4 is 16.5 Å². The smallest absolute Gasteiger partial charge is 0.219 e. The van der Waals surface area contributed by atoms with Gasteiger partial charge in [-0.25, -0.2) is 5.84 Å². The van der Waals surface area contributed by atoms with Gasteiger partial charge in [-0.1, -0.05) is 24.7 Å². The standard InChI is InChI=1S/C8H17N5S/c1-3-4-5-13(2)6-7-11-12-8(10-9)14-7/h3-6,9H2,1-2H3,(H,10,12). The monoisotopic (exact) mass is 215 g/mol. The van der Waals surface area contributed by atoms with E-state index in [0.717, 1.165) is 18.1 Å². The van der Waals surface area contributed by atoms with E-state index >= 15 is 0 Å². The summed E-state index contributed by atoms with van der Waals surface area (Å²) in [6, 6.07) is 0. The number of nitrogens with two attached hydrogens (primary N) is 1. The molecule has 0 atom stereocenters. The molecule has 0 saturated heterocycles. The van der Waals surface area contributed by atoms with Gasteiger partial charge in [0.2, 0.25) is 5.13 Å². The zero-order valence-electron chi connectivity index (χ0n) is 8.66. The minimum Gasteiger partial charge on any atom is -0.300 e. The zero-order valence-corrected chi connectivity index (χ0v) is 9.47. The molecule has 0 aliphatic rings. The lowest BCUT2D eigenvalue weighted by Gasteiger charge is -2.13. The molecule has 1 heterocycles. The highest BCUT2D eigenvalue weighted by Crippen LogP contribution is 2.14. The van der Waals surface area contributed by atoms with Crippen molar-refractivity contribution in [2.75, 3.05) is 19.0 Å². The van der Waals surface area contributed by atoms with E-state index in [1.54, 1.807) is 0 Å². The molecular formula is C8H17N5S. The Morgan fingerprint density at radius 2 is 2.29 bits per heavy atom. The summed E-state index contributed by atoms with van der Waals surface area (Å²) in [5.41, 5.74) is 2.49. The molecule has 6 heteroatoms. The fourth-order valence-corrected chi connectivity index (χ4v) is 1.84. The van der Waals surface area contributed by atoms with Crippen LogP contribution in [0.25, 0.3) is 0 Å². The average molecular weight is 215 g/mol. The van der Waals surface area contributed by atoms with Gasteiger partial charge in [0.25, 0.3) is 0 Å². The highest BCUT2D eigenvalue weighted by molar-refractivity contribution is 7.15. The molecule has 0 saturated carbocycles. The molecule has 0 fully saturated rings. The van der Waals surface area contributed by atoms with Gasteiger partial charge < -0.3 is 0 Å². The van der Waals surface area contributed by atoms with E-state index in [2.05, 4.69) is 34.5 Å². The van der Waals surface area contributed by atoms with Crippen molar-refractivity contribution in [3.05, 3.63) is 5.01 Å². The second-order valence-electron chi connectivity index (χ2n) is 3.24. The summed E-state index contributed by atoms with van der Waals surface area (Å²) in [5, 5.41) is 9.56. The van der Waals surface area contributed by atoms with Crippen LogP contribution in [-0.2, 0) is 6.54 Å². The first-order valence-corrected chi connectivity index (χ1v) is 5.55. The van der Waals surface area contributed by atoms with Crippen LogP contribution in [0.2, 0.25) is 0 Å². The van der Waals surface area contributed by atoms with Crippen LogP contribution in [0.3, 0.4) is 0 Å². The Hall–Kier alpha value is -0.720. The summed E-state index contributed by atoms with van der Waals surface area (Å²) < 4.78 is 0. The Morgan fingerprint density at radius 3 is 2.86 bits per heavy atom. The van der Waals surface area contributed by atoms with Crippen LogP contribution < -0.4 is 11.3 Å². The molecule has 5 nitrogen and oxygen atoms in total. The molecule has 0 amide bonds. The van der Waals surface area contributed by atoms with Crippen molar-refractivity contribution in [1.82, 2.24) is 15.1 Å². The first-order chi connectivity index (χ1) is 6.76. The molecule has 1 rings (SSSR count). The SMILES string of the molecule is CCCCN(C)Cc1nnc(NN)s1.